The lowest BCUT2D eigenvalue weighted by Gasteiger charge is -2.50. The average Bonchev–Trinajstić information content (AvgIpc) is 1.03. The van der Waals surface area contributed by atoms with Crippen LogP contribution >= 0.6 is 46.4 Å². The summed E-state index contributed by atoms with van der Waals surface area (Å²) in [6.07, 6.45) is -0.424. The van der Waals surface area contributed by atoms with Crippen LogP contribution in [0.15, 0.2) is 237 Å². The highest BCUT2D eigenvalue weighted by molar-refractivity contribution is 6.61. The molecule has 0 saturated carbocycles. The van der Waals surface area contributed by atoms with Crippen LogP contribution in [0.5, 0.6) is 0 Å². The third-order valence-electron chi connectivity index (χ3n) is 15.5. The number of piperazine rings is 2. The number of nitrogens with zero attached hydrogens (tertiary/aromatic N) is 5. The third-order valence-corrected chi connectivity index (χ3v) is 15.7. The standard InChI is InChI=1S/C28H31N3O2.C17H19N.C13H10O2.C12H16N2O2.C3H4Cl2O2.CH2Cl2/c32-28(33-22-23-10-4-1-5-11-23)30-18-16-29(17-19-30)26-20-31(21-26)27(24-12-6-2-7-13-24)25-14-8-3-9-15-25;1-14-12-18(13-14)17(15-8-4-2-5-9-15)16-10-6-3-7-11-16;14-13(15)12-8-6-11(7-9-12)10-4-2-1-3-5-10;15-12(14-8-6-13-7-9-14)16-10-11-4-2-1-3-5-11;1-2(4)7-3(5)6;2-1-3/h1-15,26-27H,16-22H2;2-11,14,17H,12-13H2,1H3;1-9H,(H,14,15);1-5,13H,6-10H2;2H,1H3;1H2. The Labute approximate surface area is 562 Å². The Morgan fingerprint density at radius 3 is 1.16 bits per heavy atom. The minimum absolute atomic E-state index is 0.194. The molecule has 18 heteroatoms. The zero-order valence-corrected chi connectivity index (χ0v) is 55.1. The van der Waals surface area contributed by atoms with Gasteiger partial charge in [-0.05, 0) is 69.5 Å². The first-order chi connectivity index (χ1) is 44.8. The molecular formula is C74H82Cl4N6O8. The number of alkyl halides is 3. The number of benzene rings is 8. The van der Waals surface area contributed by atoms with Crippen LogP contribution in [0.4, 0.5) is 14.4 Å². The highest BCUT2D eigenvalue weighted by atomic mass is 35.5. The average molecular weight is 1330 g/mol. The van der Waals surface area contributed by atoms with E-state index < -0.39 is 17.0 Å². The van der Waals surface area contributed by atoms with Gasteiger partial charge < -0.3 is 34.4 Å². The van der Waals surface area contributed by atoms with Crippen LogP contribution in [0.2, 0.25) is 0 Å². The van der Waals surface area contributed by atoms with Crippen LogP contribution in [-0.4, -0.2) is 149 Å². The number of halogens is 4. The van der Waals surface area contributed by atoms with Gasteiger partial charge in [-0.25, -0.2) is 19.2 Å². The lowest BCUT2D eigenvalue weighted by atomic mass is 9.91. The third kappa shape index (κ3) is 24.0. The Morgan fingerprint density at radius 1 is 0.489 bits per heavy atom. The van der Waals surface area contributed by atoms with Crippen molar-refractivity contribution in [3.05, 3.63) is 276 Å². The van der Waals surface area contributed by atoms with Crippen LogP contribution in [0, 0.1) is 5.92 Å². The van der Waals surface area contributed by atoms with E-state index in [1.54, 1.807) is 17.0 Å². The molecule has 0 radical (unpaired) electrons. The molecule has 4 heterocycles. The van der Waals surface area contributed by atoms with Crippen molar-refractivity contribution in [3.63, 3.8) is 0 Å². The molecule has 4 fully saturated rings. The molecule has 0 bridgehead atoms. The van der Waals surface area contributed by atoms with Gasteiger partial charge in [0.15, 0.2) is 5.56 Å². The monoisotopic (exact) mass is 1320 g/mol. The van der Waals surface area contributed by atoms with Crippen molar-refractivity contribution in [2.45, 2.75) is 50.7 Å². The predicted molar refractivity (Wildman–Crippen MR) is 369 cm³/mol. The van der Waals surface area contributed by atoms with Crippen molar-refractivity contribution in [2.75, 3.05) is 83.9 Å². The van der Waals surface area contributed by atoms with Crippen molar-refractivity contribution in [3.8, 4) is 11.1 Å². The summed E-state index contributed by atoms with van der Waals surface area (Å²) in [7, 11) is 0. The first-order valence-corrected chi connectivity index (χ1v) is 32.7. The topological polar surface area (TPSA) is 144 Å². The number of carbonyl (C=O) groups excluding carboxylic acids is 3. The summed E-state index contributed by atoms with van der Waals surface area (Å²) in [5, 5.41) is 12.1. The number of carboxylic acids is 1. The molecule has 1 atom stereocenters. The van der Waals surface area contributed by atoms with Crippen LogP contribution in [0.25, 0.3) is 11.1 Å². The maximum Gasteiger partial charge on any atom is 0.410 e. The smallest absolute Gasteiger partial charge is 0.410 e. The minimum Gasteiger partial charge on any atom is -0.478 e. The minimum atomic E-state index is -0.894. The highest BCUT2D eigenvalue weighted by Gasteiger charge is 2.39. The lowest BCUT2D eigenvalue weighted by Crippen LogP contribution is -2.63. The molecule has 2 N–H and O–H groups in total. The van der Waals surface area contributed by atoms with Gasteiger partial charge in [-0.15, -0.1) is 23.2 Å². The fraction of sp³-hybridized carbons (Fsp3) is 0.297. The molecule has 4 aliphatic heterocycles. The van der Waals surface area contributed by atoms with Crippen molar-refractivity contribution in [2.24, 2.45) is 5.92 Å². The predicted octanol–water partition coefficient (Wildman–Crippen LogP) is 15.8. The summed E-state index contributed by atoms with van der Waals surface area (Å²) < 4.78 is 14.9. The molecule has 1 unspecified atom stereocenters. The molecule has 92 heavy (non-hydrogen) atoms. The van der Waals surface area contributed by atoms with Crippen LogP contribution in [-0.2, 0) is 27.4 Å². The summed E-state index contributed by atoms with van der Waals surface area (Å²) in [4.78, 5) is 55.7. The molecule has 484 valence electrons. The highest BCUT2D eigenvalue weighted by Crippen LogP contribution is 2.35. The number of carboxylic acid groups (broad SMARTS) is 1. The number of rotatable bonds is 14. The maximum absolute atomic E-state index is 12.5. The Kier molecular flexibility index (Phi) is 30.8. The lowest BCUT2D eigenvalue weighted by molar-refractivity contribution is -0.0102. The van der Waals surface area contributed by atoms with Gasteiger partial charge in [0, 0.05) is 96.2 Å². The molecule has 8 aromatic rings. The SMILES string of the molecule is CC(Cl)OC(=O)Cl.CC1CN(C(c2ccccc2)c2ccccc2)C1.ClCCl.O=C(O)c1ccc(-c2ccccc2)cc1.O=C(OCc1ccccc1)N1CCN(C2CN(C(c3ccccc3)c3ccccc3)C2)CC1.O=C(OCc1ccccc1)N1CCNCC1. The number of likely N-dealkylation sites (tertiary alicyclic amines) is 2. The number of ether oxygens (including phenoxy) is 3. The molecule has 0 spiro atoms. The normalized spacial score (nSPS) is 15.2. The van der Waals surface area contributed by atoms with E-state index in [2.05, 4.69) is 153 Å². The van der Waals surface area contributed by atoms with E-state index >= 15 is 0 Å². The van der Waals surface area contributed by atoms with Crippen molar-refractivity contribution in [1.82, 2.24) is 29.8 Å². The summed E-state index contributed by atoms with van der Waals surface area (Å²) in [5.74, 6) is -0.0606. The number of aromatic carboxylic acids is 1. The number of amides is 2. The van der Waals surface area contributed by atoms with Crippen molar-refractivity contribution >= 4 is 70.0 Å². The fourth-order valence-corrected chi connectivity index (χ4v) is 11.2. The van der Waals surface area contributed by atoms with Gasteiger partial charge in [0.2, 0.25) is 0 Å². The summed E-state index contributed by atoms with van der Waals surface area (Å²) in [5.41, 5.74) is 8.45. The number of hydrogen-bond acceptors (Lipinski definition) is 11. The van der Waals surface area contributed by atoms with E-state index in [1.807, 2.05) is 108 Å². The number of nitrogens with one attached hydrogen (secondary N) is 1. The van der Waals surface area contributed by atoms with Gasteiger partial charge in [-0.3, -0.25) is 14.7 Å². The van der Waals surface area contributed by atoms with Crippen LogP contribution in [0.3, 0.4) is 0 Å². The largest absolute Gasteiger partial charge is 0.478 e. The summed E-state index contributed by atoms with van der Waals surface area (Å²) in [6, 6.07) is 80.8. The molecule has 4 saturated heterocycles. The molecule has 12 rings (SSSR count). The van der Waals surface area contributed by atoms with Gasteiger partial charge in [0.25, 0.3) is 0 Å². The Morgan fingerprint density at radius 2 is 0.826 bits per heavy atom. The van der Waals surface area contributed by atoms with Crippen molar-refractivity contribution < 1.29 is 38.5 Å². The molecule has 0 aliphatic carbocycles. The molecule has 0 aromatic heterocycles. The van der Waals surface area contributed by atoms with Gasteiger partial charge in [0.1, 0.15) is 13.2 Å². The van der Waals surface area contributed by atoms with Gasteiger partial charge in [-0.1, -0.05) is 243 Å². The second-order valence-electron chi connectivity index (χ2n) is 22.2. The van der Waals surface area contributed by atoms with E-state index in [9.17, 15) is 19.2 Å². The van der Waals surface area contributed by atoms with E-state index in [0.717, 1.165) is 93.6 Å². The number of carbonyl (C=O) groups is 4. The summed E-state index contributed by atoms with van der Waals surface area (Å²) in [6.45, 7) is 15.4. The van der Waals surface area contributed by atoms with E-state index in [1.165, 1.54) is 42.3 Å². The second-order valence-corrected chi connectivity index (χ2v) is 23.9. The Balaban J connectivity index is 0.000000174. The zero-order valence-electron chi connectivity index (χ0n) is 52.1. The van der Waals surface area contributed by atoms with E-state index in [0.29, 0.717) is 30.9 Å². The van der Waals surface area contributed by atoms with Crippen molar-refractivity contribution in [1.29, 1.82) is 0 Å². The van der Waals surface area contributed by atoms with Crippen LogP contribution < -0.4 is 5.32 Å². The Hall–Kier alpha value is -7.76. The molecule has 4 aliphatic rings. The first kappa shape index (κ1) is 71.7. The second kappa shape index (κ2) is 39.6. The molecule has 2 amide bonds. The quantitative estimate of drug-likeness (QED) is 0.0607. The first-order valence-electron chi connectivity index (χ1n) is 30.8. The van der Waals surface area contributed by atoms with E-state index in [4.69, 9.17) is 61.0 Å². The molecular weight excluding hydrogens is 1240 g/mol. The molecule has 8 aromatic carbocycles. The van der Waals surface area contributed by atoms with E-state index in [-0.39, 0.29) is 23.6 Å². The molecule has 14 nitrogen and oxygen atoms in total. The zero-order chi connectivity index (χ0) is 65.3. The summed E-state index contributed by atoms with van der Waals surface area (Å²) >= 11 is 19.4. The van der Waals surface area contributed by atoms with Gasteiger partial charge in [-0.2, -0.15) is 0 Å². The number of hydrogen-bond donors (Lipinski definition) is 2. The Bertz CT molecular complexity index is 3270. The fourth-order valence-electron chi connectivity index (χ4n) is 11.0. The van der Waals surface area contributed by atoms with Gasteiger partial charge >= 0.3 is 23.6 Å². The van der Waals surface area contributed by atoms with Crippen LogP contribution in [0.1, 0.15) is 69.7 Å². The van der Waals surface area contributed by atoms with Gasteiger partial charge in [0.05, 0.1) is 23.0 Å². The maximum atomic E-state index is 12.5.